The summed E-state index contributed by atoms with van der Waals surface area (Å²) in [6.45, 7) is 0.917. The lowest BCUT2D eigenvalue weighted by molar-refractivity contribution is 0.0744. The van der Waals surface area contributed by atoms with Crippen LogP contribution in [-0.4, -0.2) is 53.2 Å². The first-order valence-corrected chi connectivity index (χ1v) is 13.4. The van der Waals surface area contributed by atoms with Gasteiger partial charge in [0.05, 0.1) is 5.69 Å². The van der Waals surface area contributed by atoms with Crippen LogP contribution in [0.15, 0.2) is 127 Å². The zero-order valence-corrected chi connectivity index (χ0v) is 22.6. The maximum absolute atomic E-state index is 5.29. The second-order valence-corrected chi connectivity index (χ2v) is 10.2. The second kappa shape index (κ2) is 10.7. The molecular formula is C34H33N5. The number of aliphatic imine (C=N–C) groups is 1. The van der Waals surface area contributed by atoms with Gasteiger partial charge in [0.2, 0.25) is 0 Å². The minimum Gasteiger partial charge on any atom is -0.376 e. The molecule has 3 heterocycles. The molecule has 39 heavy (non-hydrogen) atoms. The van der Waals surface area contributed by atoms with Crippen LogP contribution >= 0.6 is 0 Å². The largest absolute Gasteiger partial charge is 0.376 e. The van der Waals surface area contributed by atoms with E-state index in [4.69, 9.17) is 4.99 Å². The molecule has 0 saturated carbocycles. The molecule has 194 valence electrons. The van der Waals surface area contributed by atoms with E-state index in [0.29, 0.717) is 0 Å². The highest BCUT2D eigenvalue weighted by molar-refractivity contribution is 5.99. The molecule has 2 unspecified atom stereocenters. The molecule has 6 rings (SSSR count). The first-order chi connectivity index (χ1) is 19.1. The van der Waals surface area contributed by atoms with Crippen LogP contribution in [0.25, 0.3) is 16.8 Å². The summed E-state index contributed by atoms with van der Waals surface area (Å²) >= 11 is 0. The molecule has 0 amide bonds. The third-order valence-electron chi connectivity index (χ3n) is 7.56. The highest BCUT2D eigenvalue weighted by Crippen LogP contribution is 2.38. The van der Waals surface area contributed by atoms with Gasteiger partial charge in [0.25, 0.3) is 0 Å². The third-order valence-corrected chi connectivity index (χ3v) is 7.56. The molecule has 0 aliphatic carbocycles. The Morgan fingerprint density at radius 2 is 1.38 bits per heavy atom. The number of likely N-dealkylation sites (N-methyl/N-ethyl adjacent to an activating group) is 1. The number of allylic oxidation sites excluding steroid dienone is 2. The number of hydrogen-bond acceptors (Lipinski definition) is 5. The summed E-state index contributed by atoms with van der Waals surface area (Å²) in [7, 11) is 6.42. The van der Waals surface area contributed by atoms with Crippen molar-refractivity contribution in [1.82, 2.24) is 19.7 Å². The van der Waals surface area contributed by atoms with Gasteiger partial charge in [-0.1, -0.05) is 91.0 Å². The Hall–Kier alpha value is -4.48. The number of benzene rings is 3. The summed E-state index contributed by atoms with van der Waals surface area (Å²) in [6.07, 6.45) is 8.16. The average molecular weight is 512 g/mol. The van der Waals surface area contributed by atoms with E-state index in [1.807, 2.05) is 24.4 Å². The molecule has 0 saturated heterocycles. The minimum atomic E-state index is -0.126. The van der Waals surface area contributed by atoms with E-state index in [9.17, 15) is 0 Å². The van der Waals surface area contributed by atoms with Gasteiger partial charge in [0.15, 0.2) is 0 Å². The molecule has 2 aliphatic rings. The molecule has 5 nitrogen and oxygen atoms in total. The summed E-state index contributed by atoms with van der Waals surface area (Å²) in [5.74, 6) is 0.989. The Kier molecular flexibility index (Phi) is 6.82. The fourth-order valence-corrected chi connectivity index (χ4v) is 5.55. The fraction of sp³-hybridized carbons (Fsp3) is 0.176. The Morgan fingerprint density at radius 1 is 0.692 bits per heavy atom. The lowest BCUT2D eigenvalue weighted by Gasteiger charge is -2.45. The van der Waals surface area contributed by atoms with Crippen LogP contribution in [0.1, 0.15) is 34.6 Å². The molecule has 0 bridgehead atoms. The maximum Gasteiger partial charge on any atom is 0.134 e. The summed E-state index contributed by atoms with van der Waals surface area (Å²) < 4.78 is 0. The van der Waals surface area contributed by atoms with Gasteiger partial charge in [-0.2, -0.15) is 0 Å². The normalized spacial score (nSPS) is 19.6. The molecule has 5 heteroatoms. The first-order valence-electron chi connectivity index (χ1n) is 13.4. The minimum absolute atomic E-state index is 0.0233. The summed E-state index contributed by atoms with van der Waals surface area (Å²) in [6, 6.07) is 34.2. The number of pyridine rings is 1. The van der Waals surface area contributed by atoms with Gasteiger partial charge in [0, 0.05) is 38.0 Å². The van der Waals surface area contributed by atoms with Crippen LogP contribution in [-0.2, 0) is 0 Å². The SMILES string of the molecule is CN1C=CC=C(c2ccc(C3N(C)C(c4ccccc4)=NC(c4ccc(-c5ccccn5)cc4)N3C)cc2)C1. The van der Waals surface area contributed by atoms with Crippen LogP contribution in [0.5, 0.6) is 0 Å². The molecule has 2 atom stereocenters. The zero-order chi connectivity index (χ0) is 26.8. The molecule has 0 spiro atoms. The summed E-state index contributed by atoms with van der Waals surface area (Å²) in [5.41, 5.74) is 8.18. The molecular weight excluding hydrogens is 478 g/mol. The summed E-state index contributed by atoms with van der Waals surface area (Å²) in [5, 5.41) is 0. The molecule has 1 aromatic heterocycles. The van der Waals surface area contributed by atoms with Gasteiger partial charge >= 0.3 is 0 Å². The molecule has 3 aromatic carbocycles. The Bertz CT molecular complexity index is 1510. The highest BCUT2D eigenvalue weighted by atomic mass is 15.4. The van der Waals surface area contributed by atoms with Crippen molar-refractivity contribution in [1.29, 1.82) is 0 Å². The van der Waals surface area contributed by atoms with Gasteiger partial charge in [-0.25, -0.2) is 4.99 Å². The average Bonchev–Trinajstić information content (AvgIpc) is 2.99. The van der Waals surface area contributed by atoms with Crippen LogP contribution in [0.2, 0.25) is 0 Å². The maximum atomic E-state index is 5.29. The molecule has 0 fully saturated rings. The van der Waals surface area contributed by atoms with Crippen molar-refractivity contribution in [3.63, 3.8) is 0 Å². The van der Waals surface area contributed by atoms with E-state index in [1.54, 1.807) is 0 Å². The second-order valence-electron chi connectivity index (χ2n) is 10.2. The molecule has 0 N–H and O–H groups in total. The van der Waals surface area contributed by atoms with Gasteiger partial charge in [0.1, 0.15) is 18.2 Å². The predicted octanol–water partition coefficient (Wildman–Crippen LogP) is 6.61. The number of aromatic nitrogens is 1. The Morgan fingerprint density at radius 3 is 2.08 bits per heavy atom. The molecule has 2 aliphatic heterocycles. The van der Waals surface area contributed by atoms with Crippen molar-refractivity contribution in [2.45, 2.75) is 12.3 Å². The van der Waals surface area contributed by atoms with Crippen LogP contribution in [0.3, 0.4) is 0 Å². The van der Waals surface area contributed by atoms with Crippen LogP contribution in [0.4, 0.5) is 0 Å². The first kappa shape index (κ1) is 24.8. The lowest BCUT2D eigenvalue weighted by Crippen LogP contribution is -2.47. The topological polar surface area (TPSA) is 35.0 Å². The lowest BCUT2D eigenvalue weighted by atomic mass is 9.99. The van der Waals surface area contributed by atoms with Crippen molar-refractivity contribution in [3.8, 4) is 11.3 Å². The smallest absolute Gasteiger partial charge is 0.134 e. The molecule has 4 aromatic rings. The van der Waals surface area contributed by atoms with E-state index < -0.39 is 0 Å². The zero-order valence-electron chi connectivity index (χ0n) is 22.6. The van der Waals surface area contributed by atoms with E-state index in [-0.39, 0.29) is 12.3 Å². The van der Waals surface area contributed by atoms with Gasteiger partial charge in [-0.15, -0.1) is 0 Å². The number of hydrogen-bond donors (Lipinski definition) is 0. The number of amidine groups is 1. The van der Waals surface area contributed by atoms with Gasteiger partial charge < -0.3 is 9.80 Å². The Labute approximate surface area is 231 Å². The van der Waals surface area contributed by atoms with Gasteiger partial charge in [-0.3, -0.25) is 9.88 Å². The third kappa shape index (κ3) is 5.01. The van der Waals surface area contributed by atoms with Crippen LogP contribution in [0, 0.1) is 0 Å². The van der Waals surface area contributed by atoms with Crippen molar-refractivity contribution in [3.05, 3.63) is 144 Å². The fourth-order valence-electron chi connectivity index (χ4n) is 5.55. The quantitative estimate of drug-likeness (QED) is 0.302. The van der Waals surface area contributed by atoms with Crippen molar-refractivity contribution >= 4 is 11.4 Å². The monoisotopic (exact) mass is 511 g/mol. The highest BCUT2D eigenvalue weighted by Gasteiger charge is 2.35. The predicted molar refractivity (Wildman–Crippen MR) is 160 cm³/mol. The molecule has 0 radical (unpaired) electrons. The van der Waals surface area contributed by atoms with Crippen molar-refractivity contribution < 1.29 is 0 Å². The number of nitrogens with zero attached hydrogens (tertiary/aromatic N) is 5. The summed E-state index contributed by atoms with van der Waals surface area (Å²) in [4.78, 5) is 16.7. The van der Waals surface area contributed by atoms with E-state index >= 15 is 0 Å². The van der Waals surface area contributed by atoms with Gasteiger partial charge in [-0.05, 0) is 53.7 Å². The van der Waals surface area contributed by atoms with Crippen molar-refractivity contribution in [2.24, 2.45) is 4.99 Å². The standard InChI is InChI=1S/C34H33N5/c1-37-23-9-12-30(24-37)25-14-20-29(21-15-25)34-38(2)32(27-10-5-4-6-11-27)36-33(39(34)3)28-18-16-26(17-19-28)31-13-7-8-22-35-31/h4-23,33-34H,24H2,1-3H3. The van der Waals surface area contributed by atoms with Crippen LogP contribution < -0.4 is 0 Å². The van der Waals surface area contributed by atoms with E-state index in [2.05, 4.69) is 138 Å². The van der Waals surface area contributed by atoms with E-state index in [1.165, 1.54) is 16.7 Å². The Balaban J connectivity index is 1.36. The van der Waals surface area contributed by atoms with E-state index in [0.717, 1.165) is 34.8 Å². The number of rotatable bonds is 5. The van der Waals surface area contributed by atoms with Crippen molar-refractivity contribution in [2.75, 3.05) is 27.7 Å².